The fraction of sp³-hybridized carbons (Fsp3) is 0.625. The number of nitrogens with one attached hydrogen (secondary N) is 3. The summed E-state index contributed by atoms with van der Waals surface area (Å²) in [5, 5.41) is 13.1. The van der Waals surface area contributed by atoms with Gasteiger partial charge in [-0.3, -0.25) is 9.20 Å². The minimum atomic E-state index is -2.46. The number of nitrogens with zero attached hydrogens (tertiary/aromatic N) is 3. The van der Waals surface area contributed by atoms with E-state index in [1.807, 2.05) is 0 Å². The van der Waals surface area contributed by atoms with Crippen LogP contribution in [0.15, 0.2) is 17.2 Å². The number of urea groups is 1. The van der Waals surface area contributed by atoms with Gasteiger partial charge in [0.25, 0.3) is 11.5 Å². The first kappa shape index (κ1) is 16.9. The minimum Gasteiger partial charge on any atom is -0.338 e. The van der Waals surface area contributed by atoms with Gasteiger partial charge in [-0.1, -0.05) is 0 Å². The summed E-state index contributed by atoms with van der Waals surface area (Å²) in [5.74, 6) is -2.69. The molecule has 3 N–H and O–H groups in total. The van der Waals surface area contributed by atoms with Crippen LogP contribution in [-0.2, 0) is 6.54 Å². The molecule has 0 aromatic carbocycles. The lowest BCUT2D eigenvalue weighted by molar-refractivity contribution is 0.0755. The Morgan fingerprint density at radius 3 is 2.69 bits per heavy atom. The Hall–Kier alpha value is -2.52. The largest absolute Gasteiger partial charge is 0.338 e. The molecule has 2 amide bonds. The predicted octanol–water partition coefficient (Wildman–Crippen LogP) is 1.29. The number of fused-ring (bicyclic) bond motifs is 2. The highest BCUT2D eigenvalue weighted by atomic mass is 19.3. The predicted molar refractivity (Wildman–Crippen MR) is 87.7 cm³/mol. The molecule has 26 heavy (non-hydrogen) atoms. The summed E-state index contributed by atoms with van der Waals surface area (Å²) in [7, 11) is 0. The number of alkyl halides is 2. The second kappa shape index (κ2) is 6.33. The molecule has 4 rings (SSSR count). The van der Waals surface area contributed by atoms with Gasteiger partial charge in [0.05, 0.1) is 6.54 Å². The Morgan fingerprint density at radius 2 is 1.96 bits per heavy atom. The third kappa shape index (κ3) is 3.04. The summed E-state index contributed by atoms with van der Waals surface area (Å²) < 4.78 is 28.3. The standard InChI is InChI=1S/C16H20F2N6O2/c17-16(18)10-3-1-9(2-4-11(10)16)7-20-15(26)21-8-12-22-23-13-14(25)19-5-6-24(12)13/h5-6,9-11H,1-4,7-8H2,(H,19,25)(H2,20,21,26). The van der Waals surface area contributed by atoms with Crippen LogP contribution in [0, 0.1) is 17.8 Å². The van der Waals surface area contributed by atoms with E-state index < -0.39 is 17.8 Å². The van der Waals surface area contributed by atoms with E-state index in [9.17, 15) is 18.4 Å². The van der Waals surface area contributed by atoms with E-state index in [2.05, 4.69) is 25.8 Å². The summed E-state index contributed by atoms with van der Waals surface area (Å²) in [6.07, 6.45) is 5.59. The van der Waals surface area contributed by atoms with E-state index in [1.165, 1.54) is 10.6 Å². The van der Waals surface area contributed by atoms with Crippen LogP contribution in [0.1, 0.15) is 31.5 Å². The minimum absolute atomic E-state index is 0.123. The van der Waals surface area contributed by atoms with E-state index in [1.54, 1.807) is 6.20 Å². The molecule has 2 aromatic rings. The van der Waals surface area contributed by atoms with E-state index in [4.69, 9.17) is 0 Å². The number of hydrogen-bond acceptors (Lipinski definition) is 4. The van der Waals surface area contributed by atoms with Gasteiger partial charge in [0.1, 0.15) is 0 Å². The number of rotatable bonds is 4. The smallest absolute Gasteiger partial charge is 0.315 e. The number of carbonyl (C=O) groups excluding carboxylic acids is 1. The number of carbonyl (C=O) groups is 1. The van der Waals surface area contributed by atoms with E-state index in [-0.39, 0.29) is 29.7 Å². The maximum atomic E-state index is 13.4. The van der Waals surface area contributed by atoms with Gasteiger partial charge in [-0.25, -0.2) is 13.6 Å². The second-order valence-corrected chi connectivity index (χ2v) is 7.07. The molecule has 0 spiro atoms. The molecule has 2 aromatic heterocycles. The highest BCUT2D eigenvalue weighted by molar-refractivity contribution is 5.73. The zero-order chi connectivity index (χ0) is 18.3. The molecular formula is C16H20F2N6O2. The fourth-order valence-electron chi connectivity index (χ4n) is 3.89. The van der Waals surface area contributed by atoms with Crippen LogP contribution in [0.4, 0.5) is 13.6 Å². The maximum absolute atomic E-state index is 13.4. The van der Waals surface area contributed by atoms with Crippen molar-refractivity contribution in [3.8, 4) is 0 Å². The molecule has 8 nitrogen and oxygen atoms in total. The zero-order valence-electron chi connectivity index (χ0n) is 14.0. The van der Waals surface area contributed by atoms with Crippen molar-refractivity contribution in [1.29, 1.82) is 0 Å². The Morgan fingerprint density at radius 1 is 1.23 bits per heavy atom. The van der Waals surface area contributed by atoms with Crippen molar-refractivity contribution in [2.24, 2.45) is 17.8 Å². The summed E-state index contributed by atoms with van der Waals surface area (Å²) in [6.45, 7) is 0.592. The lowest BCUT2D eigenvalue weighted by Gasteiger charge is -2.16. The first-order valence-electron chi connectivity index (χ1n) is 8.77. The van der Waals surface area contributed by atoms with E-state index >= 15 is 0 Å². The molecule has 2 heterocycles. The van der Waals surface area contributed by atoms with Crippen molar-refractivity contribution < 1.29 is 13.6 Å². The van der Waals surface area contributed by atoms with E-state index in [0.717, 1.165) is 0 Å². The van der Waals surface area contributed by atoms with Gasteiger partial charge < -0.3 is 15.6 Å². The molecule has 2 atom stereocenters. The lowest BCUT2D eigenvalue weighted by Crippen LogP contribution is -2.38. The van der Waals surface area contributed by atoms with Gasteiger partial charge in [0, 0.05) is 30.8 Å². The average molecular weight is 366 g/mol. The normalized spacial score (nSPS) is 26.8. The Bertz CT molecular complexity index is 863. The van der Waals surface area contributed by atoms with Crippen LogP contribution < -0.4 is 16.2 Å². The molecule has 2 saturated carbocycles. The number of amides is 2. The molecule has 140 valence electrons. The molecule has 0 aliphatic heterocycles. The molecular weight excluding hydrogens is 346 g/mol. The van der Waals surface area contributed by atoms with Crippen molar-refractivity contribution in [3.05, 3.63) is 28.6 Å². The molecule has 10 heteroatoms. The maximum Gasteiger partial charge on any atom is 0.315 e. The summed E-state index contributed by atoms with van der Waals surface area (Å²) >= 11 is 0. The van der Waals surface area contributed by atoms with Gasteiger partial charge in [-0.05, 0) is 31.6 Å². The Kier molecular flexibility index (Phi) is 4.12. The highest BCUT2D eigenvalue weighted by Crippen LogP contribution is 2.61. The van der Waals surface area contributed by atoms with Gasteiger partial charge >= 0.3 is 6.03 Å². The van der Waals surface area contributed by atoms with Crippen LogP contribution in [0.25, 0.3) is 5.65 Å². The third-order valence-corrected chi connectivity index (χ3v) is 5.50. The van der Waals surface area contributed by atoms with Gasteiger partial charge in [-0.2, -0.15) is 0 Å². The molecule has 0 radical (unpaired) electrons. The number of hydrogen-bond donors (Lipinski definition) is 3. The van der Waals surface area contributed by atoms with Gasteiger partial charge in [-0.15, -0.1) is 10.2 Å². The van der Waals surface area contributed by atoms with Crippen LogP contribution in [0.5, 0.6) is 0 Å². The number of aromatic nitrogens is 4. The highest BCUT2D eigenvalue weighted by Gasteiger charge is 2.67. The van der Waals surface area contributed by atoms with Gasteiger partial charge in [0.2, 0.25) is 5.65 Å². The van der Waals surface area contributed by atoms with Crippen molar-refractivity contribution in [2.75, 3.05) is 6.54 Å². The quantitative estimate of drug-likeness (QED) is 0.758. The first-order valence-corrected chi connectivity index (χ1v) is 8.77. The Balaban J connectivity index is 1.24. The van der Waals surface area contributed by atoms with Crippen LogP contribution in [0.3, 0.4) is 0 Å². The topological polar surface area (TPSA) is 104 Å². The molecule has 2 aliphatic rings. The van der Waals surface area contributed by atoms with Crippen LogP contribution in [0.2, 0.25) is 0 Å². The van der Waals surface area contributed by atoms with E-state index in [0.29, 0.717) is 38.1 Å². The average Bonchev–Trinajstić information content (AvgIpc) is 3.00. The first-order chi connectivity index (χ1) is 12.5. The lowest BCUT2D eigenvalue weighted by atomic mass is 9.98. The Labute approximate surface area is 147 Å². The number of H-pyrrole nitrogens is 1. The molecule has 2 aliphatic carbocycles. The van der Waals surface area contributed by atoms with Gasteiger partial charge in [0.15, 0.2) is 5.82 Å². The molecule has 2 unspecified atom stereocenters. The molecule has 0 bridgehead atoms. The summed E-state index contributed by atoms with van der Waals surface area (Å²) in [6, 6.07) is -0.355. The second-order valence-electron chi connectivity index (χ2n) is 7.07. The van der Waals surface area contributed by atoms with Crippen molar-refractivity contribution in [1.82, 2.24) is 30.2 Å². The number of aromatic amines is 1. The number of halogens is 2. The summed E-state index contributed by atoms with van der Waals surface area (Å²) in [5.41, 5.74) is -0.189. The van der Waals surface area contributed by atoms with Crippen molar-refractivity contribution in [3.63, 3.8) is 0 Å². The zero-order valence-corrected chi connectivity index (χ0v) is 14.0. The molecule has 0 saturated heterocycles. The fourth-order valence-corrected chi connectivity index (χ4v) is 3.89. The van der Waals surface area contributed by atoms with Crippen LogP contribution in [-0.4, -0.2) is 38.1 Å². The molecule has 2 fully saturated rings. The monoisotopic (exact) mass is 366 g/mol. The van der Waals surface area contributed by atoms with Crippen LogP contribution >= 0.6 is 0 Å². The summed E-state index contributed by atoms with van der Waals surface area (Å²) in [4.78, 5) is 26.1. The van der Waals surface area contributed by atoms with Crippen molar-refractivity contribution in [2.45, 2.75) is 38.2 Å². The SMILES string of the molecule is O=C(NCc1nnc2c(=O)[nH]ccn12)NCC1CCC2C(CC1)C2(F)F. The van der Waals surface area contributed by atoms with Crippen molar-refractivity contribution >= 4 is 11.7 Å². The third-order valence-electron chi connectivity index (χ3n) is 5.50.